The lowest BCUT2D eigenvalue weighted by atomic mass is 10.0. The van der Waals surface area contributed by atoms with Crippen LogP contribution < -0.4 is 14.2 Å². The monoisotopic (exact) mass is 635 g/mol. The molecule has 0 unspecified atom stereocenters. The highest BCUT2D eigenvalue weighted by Crippen LogP contribution is 2.44. The van der Waals surface area contributed by atoms with Gasteiger partial charge < -0.3 is 23.2 Å². The van der Waals surface area contributed by atoms with Crippen molar-refractivity contribution in [3.63, 3.8) is 0 Å². The molecule has 1 aromatic heterocycles. The number of nitrogens with zero attached hydrogens (tertiary/aromatic N) is 2. The quantitative estimate of drug-likeness (QED) is 0.0995. The molecule has 10 nitrogen and oxygen atoms in total. The summed E-state index contributed by atoms with van der Waals surface area (Å²) in [6.07, 6.45) is 1.53. The van der Waals surface area contributed by atoms with Gasteiger partial charge in [0, 0.05) is 12.3 Å². The van der Waals surface area contributed by atoms with Gasteiger partial charge in [-0.3, -0.25) is 0 Å². The molecular weight excluding hydrogens is 604 g/mol. The Bertz CT molecular complexity index is 2190. The summed E-state index contributed by atoms with van der Waals surface area (Å²) in [7, 11) is -9.19. The molecule has 5 aromatic rings. The van der Waals surface area contributed by atoms with Gasteiger partial charge in [-0.15, -0.1) is 17.7 Å². The first-order valence-corrected chi connectivity index (χ1v) is 16.9. The Labute approximate surface area is 256 Å². The first kappa shape index (κ1) is 31.2. The molecule has 4 aromatic carbocycles. The Morgan fingerprint density at radius 3 is 2.23 bits per heavy atom. The van der Waals surface area contributed by atoms with Crippen molar-refractivity contribution < 1.29 is 39.7 Å². The van der Waals surface area contributed by atoms with Crippen LogP contribution in [-0.2, 0) is 26.1 Å². The standard InChI is InChI=1S/C30H28N2O8S2.C2H4/c1-18-13-26-29(20(3)19(18)2)31(11-6-12-41(33,34)35)27(40-26)16-28-32(17-42(36,37)38)30-24-15-22-8-5-4-7-21(22)14-23(24)9-10-25(30)39-28;1-2/h4-5,7-10,13-16H,6,11-12,17H2,1-3H3,(H-,33,34,35,36,37,38);1-2H2/p-1. The number of benzene rings is 4. The molecule has 0 saturated heterocycles. The van der Waals surface area contributed by atoms with Crippen molar-refractivity contribution in [3.05, 3.63) is 96.2 Å². The summed E-state index contributed by atoms with van der Waals surface area (Å²) in [5, 5.41) is 3.49. The Morgan fingerprint density at radius 2 is 1.57 bits per heavy atom. The average molecular weight is 636 g/mol. The van der Waals surface area contributed by atoms with Crippen molar-refractivity contribution in [1.29, 1.82) is 0 Å². The normalized spacial score (nSPS) is 14.2. The SMILES string of the molecule is C=C.Cc1cc2c(c(C)c1C)N(CCCS(=O)(=O)[O-])C(=Cc1oc3ccc4cc5ccccc5cc4c3[n+]1CS(=O)(=O)[O-])O2. The van der Waals surface area contributed by atoms with Crippen molar-refractivity contribution in [2.45, 2.75) is 33.1 Å². The first-order valence-electron chi connectivity index (χ1n) is 13.7. The molecule has 44 heavy (non-hydrogen) atoms. The fourth-order valence-electron chi connectivity index (χ4n) is 5.57. The van der Waals surface area contributed by atoms with Crippen LogP contribution in [0.1, 0.15) is 29.0 Å². The predicted molar refractivity (Wildman–Crippen MR) is 168 cm³/mol. The van der Waals surface area contributed by atoms with Gasteiger partial charge in [-0.2, -0.15) is 0 Å². The number of fused-ring (bicyclic) bond motifs is 5. The fraction of sp³-hybridized carbons (Fsp3) is 0.219. The van der Waals surface area contributed by atoms with Gasteiger partial charge >= 0.3 is 5.89 Å². The predicted octanol–water partition coefficient (Wildman–Crippen LogP) is 5.39. The summed E-state index contributed by atoms with van der Waals surface area (Å²) < 4.78 is 84.0. The molecule has 6 rings (SSSR count). The lowest BCUT2D eigenvalue weighted by Gasteiger charge is -2.21. The van der Waals surface area contributed by atoms with E-state index in [1.165, 1.54) is 10.6 Å². The Kier molecular flexibility index (Phi) is 8.29. The summed E-state index contributed by atoms with van der Waals surface area (Å²) in [5.74, 6) is -0.617. The van der Waals surface area contributed by atoms with E-state index >= 15 is 0 Å². The number of ether oxygens (including phenoxy) is 1. The molecule has 12 heteroatoms. The Morgan fingerprint density at radius 1 is 0.886 bits per heavy atom. The van der Waals surface area contributed by atoms with E-state index in [1.807, 2.05) is 69.3 Å². The van der Waals surface area contributed by atoms with Gasteiger partial charge in [-0.25, -0.2) is 16.8 Å². The lowest BCUT2D eigenvalue weighted by molar-refractivity contribution is -0.658. The lowest BCUT2D eigenvalue weighted by Crippen LogP contribution is -2.39. The average Bonchev–Trinajstić information content (AvgIpc) is 3.47. The molecule has 0 bridgehead atoms. The van der Waals surface area contributed by atoms with Crippen LogP contribution >= 0.6 is 0 Å². The summed E-state index contributed by atoms with van der Waals surface area (Å²) >= 11 is 0. The second kappa shape index (κ2) is 11.7. The zero-order chi connectivity index (χ0) is 32.0. The van der Waals surface area contributed by atoms with Crippen LogP contribution in [0.2, 0.25) is 0 Å². The summed E-state index contributed by atoms with van der Waals surface area (Å²) in [6.45, 7) is 12.0. The van der Waals surface area contributed by atoms with Crippen LogP contribution in [0, 0.1) is 20.8 Å². The number of anilines is 1. The maximum atomic E-state index is 12.1. The Balaban J connectivity index is 0.00000188. The molecule has 0 fully saturated rings. The first-order chi connectivity index (χ1) is 20.8. The number of oxazole rings is 1. The zero-order valence-electron chi connectivity index (χ0n) is 24.5. The van der Waals surface area contributed by atoms with Gasteiger partial charge in [0.25, 0.3) is 5.52 Å². The van der Waals surface area contributed by atoms with E-state index in [9.17, 15) is 25.9 Å². The minimum Gasteiger partial charge on any atom is -0.748 e. The number of rotatable bonds is 7. The van der Waals surface area contributed by atoms with Gasteiger partial charge in [0.1, 0.15) is 6.08 Å². The third kappa shape index (κ3) is 6.06. The van der Waals surface area contributed by atoms with Crippen LogP contribution in [0.3, 0.4) is 0 Å². The minimum absolute atomic E-state index is 0.0329. The molecule has 1 aliphatic rings. The molecule has 0 N–H and O–H groups in total. The molecule has 0 spiro atoms. The highest BCUT2D eigenvalue weighted by molar-refractivity contribution is 7.85. The van der Waals surface area contributed by atoms with E-state index in [1.54, 1.807) is 11.0 Å². The second-order valence-electron chi connectivity index (χ2n) is 10.5. The fourth-order valence-corrected chi connectivity index (χ4v) is 6.62. The van der Waals surface area contributed by atoms with E-state index in [0.29, 0.717) is 27.9 Å². The van der Waals surface area contributed by atoms with Crippen molar-refractivity contribution in [2.75, 3.05) is 17.2 Å². The topological polar surface area (TPSA) is 144 Å². The number of aromatic nitrogens is 1. The smallest absolute Gasteiger partial charge is 0.380 e. The van der Waals surface area contributed by atoms with Crippen LogP contribution in [0.5, 0.6) is 5.75 Å². The number of aryl methyl sites for hydroxylation is 1. The number of hydrogen-bond acceptors (Lipinski definition) is 9. The van der Waals surface area contributed by atoms with Crippen molar-refractivity contribution in [3.8, 4) is 5.75 Å². The minimum atomic E-state index is -4.75. The van der Waals surface area contributed by atoms with E-state index in [4.69, 9.17) is 9.15 Å². The van der Waals surface area contributed by atoms with Crippen LogP contribution in [0.15, 0.2) is 78.1 Å². The molecule has 0 saturated carbocycles. The third-order valence-corrected chi connectivity index (χ3v) is 9.09. The van der Waals surface area contributed by atoms with Crippen molar-refractivity contribution in [1.82, 2.24) is 0 Å². The Hall–Kier alpha value is -4.23. The summed E-state index contributed by atoms with van der Waals surface area (Å²) in [5.41, 5.74) is 4.45. The van der Waals surface area contributed by atoms with Gasteiger partial charge in [0.15, 0.2) is 15.9 Å². The zero-order valence-corrected chi connectivity index (χ0v) is 26.1. The van der Waals surface area contributed by atoms with Crippen LogP contribution in [-0.4, -0.2) is 38.2 Å². The summed E-state index contributed by atoms with van der Waals surface area (Å²) in [6, 6.07) is 17.1. The molecule has 0 aliphatic carbocycles. The highest BCUT2D eigenvalue weighted by atomic mass is 32.2. The van der Waals surface area contributed by atoms with Crippen molar-refractivity contribution >= 4 is 64.6 Å². The van der Waals surface area contributed by atoms with E-state index in [-0.39, 0.29) is 24.7 Å². The van der Waals surface area contributed by atoms with Gasteiger partial charge in [-0.05, 0) is 84.3 Å². The number of hydrogen-bond donors (Lipinski definition) is 0. The summed E-state index contributed by atoms with van der Waals surface area (Å²) in [4.78, 5) is 1.75. The van der Waals surface area contributed by atoms with Gasteiger partial charge in [0.05, 0.1) is 21.2 Å². The van der Waals surface area contributed by atoms with E-state index < -0.39 is 31.9 Å². The highest BCUT2D eigenvalue weighted by Gasteiger charge is 2.33. The molecule has 2 heterocycles. The molecule has 0 amide bonds. The molecule has 230 valence electrons. The third-order valence-electron chi connectivity index (χ3n) is 7.72. The van der Waals surface area contributed by atoms with Crippen LogP contribution in [0.25, 0.3) is 38.7 Å². The molecular formula is C32H31N2O8S2-. The van der Waals surface area contributed by atoms with Gasteiger partial charge in [0.2, 0.25) is 17.3 Å². The van der Waals surface area contributed by atoms with Gasteiger partial charge in [-0.1, -0.05) is 30.3 Å². The van der Waals surface area contributed by atoms with Crippen molar-refractivity contribution in [2.24, 2.45) is 0 Å². The molecule has 0 atom stereocenters. The molecule has 1 aliphatic heterocycles. The second-order valence-corrected chi connectivity index (χ2v) is 13.4. The van der Waals surface area contributed by atoms with Crippen LogP contribution in [0.4, 0.5) is 5.69 Å². The maximum absolute atomic E-state index is 12.1. The maximum Gasteiger partial charge on any atom is 0.380 e. The molecule has 0 radical (unpaired) electrons. The largest absolute Gasteiger partial charge is 0.748 e. The van der Waals surface area contributed by atoms with E-state index in [0.717, 1.165) is 32.8 Å². The van der Waals surface area contributed by atoms with E-state index in [2.05, 4.69) is 13.2 Å².